The molecule has 6 nitrogen and oxygen atoms in total. The molecule has 2 aromatic rings. The first-order valence-corrected chi connectivity index (χ1v) is 7.70. The molecule has 1 heterocycles. The van der Waals surface area contributed by atoms with Gasteiger partial charge in [0, 0.05) is 10.4 Å². The molecule has 0 aliphatic heterocycles. The number of rotatable bonds is 7. The number of ether oxygens (including phenoxy) is 3. The number of hydrogen-bond acceptors (Lipinski definition) is 6. The minimum Gasteiger partial charge on any atom is -0.493 e. The van der Waals surface area contributed by atoms with Crippen molar-refractivity contribution in [3.63, 3.8) is 0 Å². The predicted octanol–water partition coefficient (Wildman–Crippen LogP) is 2.47. The van der Waals surface area contributed by atoms with Crippen LogP contribution in [-0.2, 0) is 11.2 Å². The van der Waals surface area contributed by atoms with Crippen LogP contribution < -0.4 is 19.6 Å². The van der Waals surface area contributed by atoms with Gasteiger partial charge in [-0.15, -0.1) is 11.3 Å². The smallest absolute Gasteiger partial charge is 0.245 e. The number of methoxy groups -OCH3 is 3. The van der Waals surface area contributed by atoms with E-state index in [2.05, 4.69) is 10.5 Å². The van der Waals surface area contributed by atoms with E-state index < -0.39 is 0 Å². The molecule has 0 fully saturated rings. The van der Waals surface area contributed by atoms with E-state index in [4.69, 9.17) is 14.2 Å². The van der Waals surface area contributed by atoms with E-state index in [1.165, 1.54) is 31.8 Å². The number of nitrogens with one attached hydrogen (secondary N) is 1. The Hall–Kier alpha value is -2.54. The molecule has 1 N–H and O–H groups in total. The lowest BCUT2D eigenvalue weighted by atomic mass is 10.2. The van der Waals surface area contributed by atoms with Gasteiger partial charge in [0.2, 0.25) is 11.7 Å². The quantitative estimate of drug-likeness (QED) is 0.624. The fourth-order valence-electron chi connectivity index (χ4n) is 2.01. The van der Waals surface area contributed by atoms with Gasteiger partial charge in [0.15, 0.2) is 11.5 Å². The molecule has 0 bridgehead atoms. The Kier molecular flexibility index (Phi) is 5.99. The molecular formula is C16H18N2O4S. The number of hydrogen-bond donors (Lipinski definition) is 1. The van der Waals surface area contributed by atoms with Gasteiger partial charge in [0.05, 0.1) is 34.0 Å². The van der Waals surface area contributed by atoms with E-state index in [1.807, 2.05) is 17.5 Å². The second-order valence-electron chi connectivity index (χ2n) is 4.47. The number of nitrogens with zero attached hydrogens (tertiary/aromatic N) is 1. The molecule has 122 valence electrons. The van der Waals surface area contributed by atoms with E-state index in [-0.39, 0.29) is 5.91 Å². The molecule has 2 rings (SSSR count). The monoisotopic (exact) mass is 334 g/mol. The highest BCUT2D eigenvalue weighted by Crippen LogP contribution is 2.38. The van der Waals surface area contributed by atoms with E-state index in [0.717, 1.165) is 4.88 Å². The third-order valence-electron chi connectivity index (χ3n) is 3.04. The molecule has 0 radical (unpaired) electrons. The van der Waals surface area contributed by atoms with Crippen LogP contribution in [-0.4, -0.2) is 33.5 Å². The van der Waals surface area contributed by atoms with Crippen molar-refractivity contribution in [2.45, 2.75) is 6.42 Å². The van der Waals surface area contributed by atoms with Crippen molar-refractivity contribution >= 4 is 23.5 Å². The number of carbonyl (C=O) groups excluding carboxylic acids is 1. The Bertz CT molecular complexity index is 684. The van der Waals surface area contributed by atoms with Gasteiger partial charge in [-0.3, -0.25) is 4.79 Å². The zero-order valence-corrected chi connectivity index (χ0v) is 14.0. The minimum absolute atomic E-state index is 0.178. The maximum Gasteiger partial charge on any atom is 0.245 e. The van der Waals surface area contributed by atoms with Gasteiger partial charge >= 0.3 is 0 Å². The van der Waals surface area contributed by atoms with Crippen molar-refractivity contribution < 1.29 is 19.0 Å². The highest BCUT2D eigenvalue weighted by molar-refractivity contribution is 7.10. The van der Waals surface area contributed by atoms with Crippen molar-refractivity contribution in [3.05, 3.63) is 40.1 Å². The summed E-state index contributed by atoms with van der Waals surface area (Å²) in [5.74, 6) is 1.35. The first-order valence-electron chi connectivity index (χ1n) is 6.82. The summed E-state index contributed by atoms with van der Waals surface area (Å²) in [5.41, 5.74) is 3.16. The van der Waals surface area contributed by atoms with Gasteiger partial charge in [-0.2, -0.15) is 5.10 Å². The summed E-state index contributed by atoms with van der Waals surface area (Å²) in [4.78, 5) is 12.8. The van der Waals surface area contributed by atoms with Crippen LogP contribution >= 0.6 is 11.3 Å². The average Bonchev–Trinajstić information content (AvgIpc) is 3.06. The van der Waals surface area contributed by atoms with Crippen molar-refractivity contribution in [2.75, 3.05) is 21.3 Å². The van der Waals surface area contributed by atoms with Gasteiger partial charge in [-0.05, 0) is 23.6 Å². The van der Waals surface area contributed by atoms with Crippen LogP contribution in [0.4, 0.5) is 0 Å². The third kappa shape index (κ3) is 4.23. The first-order chi connectivity index (χ1) is 11.2. The van der Waals surface area contributed by atoms with Crippen LogP contribution in [0.5, 0.6) is 17.2 Å². The van der Waals surface area contributed by atoms with Gasteiger partial charge in [-0.25, -0.2) is 5.43 Å². The average molecular weight is 334 g/mol. The van der Waals surface area contributed by atoms with E-state index in [0.29, 0.717) is 29.2 Å². The predicted molar refractivity (Wildman–Crippen MR) is 89.9 cm³/mol. The molecule has 0 aliphatic rings. The van der Waals surface area contributed by atoms with Crippen molar-refractivity contribution in [1.82, 2.24) is 5.43 Å². The molecule has 1 aromatic heterocycles. The zero-order chi connectivity index (χ0) is 16.7. The highest BCUT2D eigenvalue weighted by atomic mass is 32.1. The molecule has 0 aliphatic carbocycles. The van der Waals surface area contributed by atoms with E-state index in [9.17, 15) is 4.79 Å². The molecule has 1 aromatic carbocycles. The Balaban J connectivity index is 2.08. The van der Waals surface area contributed by atoms with Crippen LogP contribution in [0.2, 0.25) is 0 Å². The van der Waals surface area contributed by atoms with Gasteiger partial charge in [0.25, 0.3) is 0 Å². The molecule has 0 spiro atoms. The fourth-order valence-corrected chi connectivity index (χ4v) is 2.71. The van der Waals surface area contributed by atoms with Crippen LogP contribution in [0.15, 0.2) is 34.7 Å². The number of benzene rings is 1. The molecule has 7 heteroatoms. The van der Waals surface area contributed by atoms with Crippen LogP contribution in [0.3, 0.4) is 0 Å². The second kappa shape index (κ2) is 8.19. The number of thiophene rings is 1. The summed E-state index contributed by atoms with van der Waals surface area (Å²) in [5, 5.41) is 5.90. The Labute approximate surface area is 138 Å². The van der Waals surface area contributed by atoms with E-state index in [1.54, 1.807) is 19.2 Å². The summed E-state index contributed by atoms with van der Waals surface area (Å²) >= 11 is 1.53. The molecular weight excluding hydrogens is 316 g/mol. The summed E-state index contributed by atoms with van der Waals surface area (Å²) < 4.78 is 15.9. The molecule has 0 unspecified atom stereocenters. The molecule has 0 saturated heterocycles. The second-order valence-corrected chi connectivity index (χ2v) is 5.51. The summed E-state index contributed by atoms with van der Waals surface area (Å²) in [6, 6.07) is 7.33. The van der Waals surface area contributed by atoms with Gasteiger partial charge in [-0.1, -0.05) is 6.07 Å². The standard InChI is InChI=1S/C16H18N2O4S/c1-20-13-7-6-11(15(21-2)16(13)22-3)10-17-18-14(19)9-12-5-4-8-23-12/h4-8,10H,9H2,1-3H3,(H,18,19)/b17-10-. The van der Waals surface area contributed by atoms with Crippen LogP contribution in [0.25, 0.3) is 0 Å². The maximum absolute atomic E-state index is 11.8. The number of amides is 1. The molecule has 0 atom stereocenters. The van der Waals surface area contributed by atoms with Crippen molar-refractivity contribution in [2.24, 2.45) is 5.10 Å². The van der Waals surface area contributed by atoms with Crippen molar-refractivity contribution in [1.29, 1.82) is 0 Å². The lowest BCUT2D eigenvalue weighted by molar-refractivity contribution is -0.120. The van der Waals surface area contributed by atoms with Crippen LogP contribution in [0, 0.1) is 0 Å². The van der Waals surface area contributed by atoms with Gasteiger partial charge in [0.1, 0.15) is 0 Å². The Morgan fingerprint density at radius 1 is 1.17 bits per heavy atom. The zero-order valence-electron chi connectivity index (χ0n) is 13.2. The minimum atomic E-state index is -0.178. The lowest BCUT2D eigenvalue weighted by Gasteiger charge is -2.13. The summed E-state index contributed by atoms with van der Waals surface area (Å²) in [7, 11) is 4.62. The number of hydrazone groups is 1. The first kappa shape index (κ1) is 16.8. The SMILES string of the molecule is COc1ccc(/C=N\NC(=O)Cc2cccs2)c(OC)c1OC. The van der Waals surface area contributed by atoms with Crippen molar-refractivity contribution in [3.8, 4) is 17.2 Å². The topological polar surface area (TPSA) is 69.2 Å². The Morgan fingerprint density at radius 3 is 2.57 bits per heavy atom. The highest BCUT2D eigenvalue weighted by Gasteiger charge is 2.14. The van der Waals surface area contributed by atoms with Crippen LogP contribution in [0.1, 0.15) is 10.4 Å². The molecule has 1 amide bonds. The summed E-state index contributed by atoms with van der Waals surface area (Å²) in [6.07, 6.45) is 1.81. The van der Waals surface area contributed by atoms with E-state index >= 15 is 0 Å². The molecule has 0 saturated carbocycles. The third-order valence-corrected chi connectivity index (χ3v) is 3.92. The maximum atomic E-state index is 11.8. The number of carbonyl (C=O) groups is 1. The van der Waals surface area contributed by atoms with Gasteiger partial charge < -0.3 is 14.2 Å². The lowest BCUT2D eigenvalue weighted by Crippen LogP contribution is -2.19. The Morgan fingerprint density at radius 2 is 1.96 bits per heavy atom. The molecule has 23 heavy (non-hydrogen) atoms. The normalized spacial score (nSPS) is 10.6. The summed E-state index contributed by atoms with van der Waals surface area (Å²) in [6.45, 7) is 0. The fraction of sp³-hybridized carbons (Fsp3) is 0.250. The largest absolute Gasteiger partial charge is 0.493 e.